The van der Waals surface area contributed by atoms with Crippen molar-refractivity contribution >= 4 is 23.3 Å². The Morgan fingerprint density at radius 3 is 2.69 bits per heavy atom. The fourth-order valence-corrected chi connectivity index (χ4v) is 3.20. The van der Waals surface area contributed by atoms with Crippen LogP contribution in [-0.2, 0) is 9.53 Å². The van der Waals surface area contributed by atoms with Crippen molar-refractivity contribution in [2.45, 2.75) is 52.2 Å². The van der Waals surface area contributed by atoms with Gasteiger partial charge in [0.05, 0.1) is 10.5 Å². The average molecular weight is 363 g/mol. The van der Waals surface area contributed by atoms with Crippen LogP contribution in [0.5, 0.6) is 0 Å². The molecule has 1 amide bonds. The molecule has 0 spiro atoms. The highest BCUT2D eigenvalue weighted by Gasteiger charge is 2.30. The smallest absolute Gasteiger partial charge is 0.339 e. The molecule has 0 heterocycles. The average Bonchev–Trinajstić information content (AvgIpc) is 2.58. The zero-order chi connectivity index (χ0) is 19.4. The van der Waals surface area contributed by atoms with Gasteiger partial charge in [-0.2, -0.15) is 0 Å². The molecule has 4 atom stereocenters. The van der Waals surface area contributed by atoms with E-state index in [1.54, 1.807) is 0 Å². The number of nitro benzene ring substituents is 1. The minimum atomic E-state index is -0.997. The summed E-state index contributed by atoms with van der Waals surface area (Å²) in [4.78, 5) is 34.8. The molecule has 0 aliphatic heterocycles. The van der Waals surface area contributed by atoms with Gasteiger partial charge < -0.3 is 15.8 Å². The summed E-state index contributed by atoms with van der Waals surface area (Å²) in [5.74, 6) is -0.285. The molecule has 1 fully saturated rings. The fraction of sp³-hybridized carbons (Fsp3) is 0.556. The molecule has 1 aromatic rings. The second-order valence-electron chi connectivity index (χ2n) is 6.96. The fourth-order valence-electron chi connectivity index (χ4n) is 3.20. The maximum Gasteiger partial charge on any atom is 0.339 e. The number of hydrogen-bond donors (Lipinski definition) is 2. The van der Waals surface area contributed by atoms with Gasteiger partial charge in [-0.05, 0) is 37.3 Å². The van der Waals surface area contributed by atoms with E-state index in [4.69, 9.17) is 10.5 Å². The zero-order valence-electron chi connectivity index (χ0n) is 15.2. The molecule has 26 heavy (non-hydrogen) atoms. The number of nitrogens with one attached hydrogen (secondary N) is 1. The first kappa shape index (κ1) is 19.7. The van der Waals surface area contributed by atoms with Crippen molar-refractivity contribution in [1.29, 1.82) is 0 Å². The van der Waals surface area contributed by atoms with Crippen LogP contribution >= 0.6 is 0 Å². The molecule has 2 rings (SSSR count). The summed E-state index contributed by atoms with van der Waals surface area (Å²) in [5, 5.41) is 13.9. The molecule has 8 heteroatoms. The highest BCUT2D eigenvalue weighted by Crippen LogP contribution is 2.29. The Hall–Kier alpha value is -2.64. The Kier molecular flexibility index (Phi) is 6.18. The quantitative estimate of drug-likeness (QED) is 0.359. The molecule has 0 saturated heterocycles. The minimum Gasteiger partial charge on any atom is -0.449 e. The number of anilines is 1. The van der Waals surface area contributed by atoms with Gasteiger partial charge in [0.2, 0.25) is 0 Å². The molecular weight excluding hydrogens is 338 g/mol. The number of rotatable bonds is 5. The van der Waals surface area contributed by atoms with E-state index in [1.165, 1.54) is 19.1 Å². The molecule has 1 aliphatic rings. The van der Waals surface area contributed by atoms with Crippen molar-refractivity contribution in [3.05, 3.63) is 33.9 Å². The first-order chi connectivity index (χ1) is 12.2. The van der Waals surface area contributed by atoms with Crippen LogP contribution in [-0.4, -0.2) is 28.9 Å². The molecule has 0 unspecified atom stereocenters. The van der Waals surface area contributed by atoms with E-state index in [0.717, 1.165) is 25.3 Å². The van der Waals surface area contributed by atoms with E-state index >= 15 is 0 Å². The first-order valence-corrected chi connectivity index (χ1v) is 8.76. The lowest BCUT2D eigenvalue weighted by Crippen LogP contribution is -2.47. The SMILES string of the molecule is C[C@@H]1[C@H](C)CCC[C@H]1NC(=O)[C@H](C)OC(=O)c1ccc(N)c([N+](=O)[O-])c1. The topological polar surface area (TPSA) is 125 Å². The van der Waals surface area contributed by atoms with Gasteiger partial charge in [0.25, 0.3) is 11.6 Å². The summed E-state index contributed by atoms with van der Waals surface area (Å²) in [7, 11) is 0. The van der Waals surface area contributed by atoms with Crippen LogP contribution in [0.1, 0.15) is 50.4 Å². The van der Waals surface area contributed by atoms with Crippen molar-refractivity contribution in [1.82, 2.24) is 5.32 Å². The summed E-state index contributed by atoms with van der Waals surface area (Å²) in [5.41, 5.74) is 5.07. The molecule has 1 aliphatic carbocycles. The Bertz CT molecular complexity index is 706. The Morgan fingerprint density at radius 1 is 1.35 bits per heavy atom. The minimum absolute atomic E-state index is 0.0230. The highest BCUT2D eigenvalue weighted by atomic mass is 16.6. The van der Waals surface area contributed by atoms with E-state index in [1.807, 2.05) is 0 Å². The van der Waals surface area contributed by atoms with Gasteiger partial charge >= 0.3 is 5.97 Å². The molecule has 0 aromatic heterocycles. The van der Waals surface area contributed by atoms with Gasteiger partial charge in [-0.25, -0.2) is 4.79 Å². The predicted molar refractivity (Wildman–Crippen MR) is 96.5 cm³/mol. The lowest BCUT2D eigenvalue weighted by atomic mass is 9.78. The number of nitrogen functional groups attached to an aromatic ring is 1. The highest BCUT2D eigenvalue weighted by molar-refractivity contribution is 5.93. The van der Waals surface area contributed by atoms with Gasteiger partial charge in [-0.15, -0.1) is 0 Å². The van der Waals surface area contributed by atoms with Crippen molar-refractivity contribution < 1.29 is 19.2 Å². The van der Waals surface area contributed by atoms with Crippen LogP contribution in [0, 0.1) is 22.0 Å². The normalized spacial score (nSPS) is 23.7. The van der Waals surface area contributed by atoms with Crippen molar-refractivity contribution in [2.24, 2.45) is 11.8 Å². The van der Waals surface area contributed by atoms with E-state index in [2.05, 4.69) is 19.2 Å². The molecule has 8 nitrogen and oxygen atoms in total. The lowest BCUT2D eigenvalue weighted by Gasteiger charge is -2.35. The number of esters is 1. The number of nitro groups is 1. The second kappa shape index (κ2) is 8.16. The largest absolute Gasteiger partial charge is 0.449 e. The molecule has 1 saturated carbocycles. The van der Waals surface area contributed by atoms with Crippen LogP contribution < -0.4 is 11.1 Å². The standard InChI is InChI=1S/C18H25N3O5/c1-10-5-4-6-15(11(10)2)20-17(22)12(3)26-18(23)13-7-8-14(19)16(9-13)21(24)25/h7-12,15H,4-6,19H2,1-3H3,(H,20,22)/t10-,11-,12+,15-/m1/s1. The van der Waals surface area contributed by atoms with E-state index in [9.17, 15) is 19.7 Å². The summed E-state index contributed by atoms with van der Waals surface area (Å²) < 4.78 is 5.16. The number of carbonyl (C=O) groups is 2. The number of benzene rings is 1. The van der Waals surface area contributed by atoms with E-state index in [-0.39, 0.29) is 28.9 Å². The molecule has 0 bridgehead atoms. The lowest BCUT2D eigenvalue weighted by molar-refractivity contribution is -0.383. The van der Waals surface area contributed by atoms with Gasteiger partial charge in [0.1, 0.15) is 5.69 Å². The number of carbonyl (C=O) groups excluding carboxylic acids is 2. The van der Waals surface area contributed by atoms with Crippen LogP contribution in [0.4, 0.5) is 11.4 Å². The third-order valence-electron chi connectivity index (χ3n) is 5.15. The first-order valence-electron chi connectivity index (χ1n) is 8.76. The van der Waals surface area contributed by atoms with Gasteiger partial charge in [0.15, 0.2) is 6.10 Å². The molecular formula is C18H25N3O5. The van der Waals surface area contributed by atoms with Crippen LogP contribution in [0.2, 0.25) is 0 Å². The third-order valence-corrected chi connectivity index (χ3v) is 5.15. The summed E-state index contributed by atoms with van der Waals surface area (Å²) in [6.07, 6.45) is 2.11. The third kappa shape index (κ3) is 4.50. The molecule has 1 aromatic carbocycles. The van der Waals surface area contributed by atoms with Gasteiger partial charge in [0, 0.05) is 12.1 Å². The van der Waals surface area contributed by atoms with Crippen LogP contribution in [0.15, 0.2) is 18.2 Å². The van der Waals surface area contributed by atoms with Crippen LogP contribution in [0.3, 0.4) is 0 Å². The van der Waals surface area contributed by atoms with Crippen molar-refractivity contribution in [2.75, 3.05) is 5.73 Å². The molecule has 142 valence electrons. The number of hydrogen-bond acceptors (Lipinski definition) is 6. The van der Waals surface area contributed by atoms with Gasteiger partial charge in [-0.3, -0.25) is 14.9 Å². The van der Waals surface area contributed by atoms with E-state index in [0.29, 0.717) is 11.8 Å². The number of amides is 1. The van der Waals surface area contributed by atoms with Crippen molar-refractivity contribution in [3.8, 4) is 0 Å². The maximum atomic E-state index is 12.3. The second-order valence-corrected chi connectivity index (χ2v) is 6.96. The van der Waals surface area contributed by atoms with E-state index < -0.39 is 17.0 Å². The monoisotopic (exact) mass is 363 g/mol. The zero-order valence-corrected chi connectivity index (χ0v) is 15.2. The molecule has 3 N–H and O–H groups in total. The molecule has 0 radical (unpaired) electrons. The number of ether oxygens (including phenoxy) is 1. The van der Waals surface area contributed by atoms with Gasteiger partial charge in [-0.1, -0.05) is 26.7 Å². The Morgan fingerprint density at radius 2 is 2.04 bits per heavy atom. The Labute approximate surface area is 152 Å². The number of nitrogens with two attached hydrogens (primary N) is 1. The summed E-state index contributed by atoms with van der Waals surface area (Å²) in [6.45, 7) is 5.76. The summed E-state index contributed by atoms with van der Waals surface area (Å²) in [6, 6.07) is 3.71. The van der Waals surface area contributed by atoms with Crippen molar-refractivity contribution in [3.63, 3.8) is 0 Å². The Balaban J connectivity index is 1.99. The number of nitrogens with zero attached hydrogens (tertiary/aromatic N) is 1. The predicted octanol–water partition coefficient (Wildman–Crippen LogP) is 2.66. The summed E-state index contributed by atoms with van der Waals surface area (Å²) >= 11 is 0. The van der Waals surface area contributed by atoms with Crippen LogP contribution in [0.25, 0.3) is 0 Å². The maximum absolute atomic E-state index is 12.3.